The molecule has 5 heteroatoms. The van der Waals surface area contributed by atoms with Crippen molar-refractivity contribution >= 4 is 17.6 Å². The van der Waals surface area contributed by atoms with E-state index in [1.165, 1.54) is 0 Å². The summed E-state index contributed by atoms with van der Waals surface area (Å²) >= 11 is 0. The molecule has 0 atom stereocenters. The summed E-state index contributed by atoms with van der Waals surface area (Å²) in [6, 6.07) is 9.36. The Morgan fingerprint density at radius 2 is 1.77 bits per heavy atom. The highest BCUT2D eigenvalue weighted by atomic mass is 16.2. The molecule has 0 radical (unpaired) electrons. The summed E-state index contributed by atoms with van der Waals surface area (Å²) in [5, 5.41) is 0. The molecular weight excluding hydrogens is 278 g/mol. The highest BCUT2D eigenvalue weighted by Crippen LogP contribution is 2.19. The first-order valence-corrected chi connectivity index (χ1v) is 7.28. The van der Waals surface area contributed by atoms with Gasteiger partial charge in [0.15, 0.2) is 0 Å². The Bertz CT molecular complexity index is 546. The average Bonchev–Trinajstić information content (AvgIpc) is 2.89. The topological polar surface area (TPSA) is 43.9 Å². The highest BCUT2D eigenvalue weighted by molar-refractivity contribution is 5.96. The SMILES string of the molecule is C=CCN(CC=C)C(=O)CN1CCN(c2ccccc2)C1=O. The molecule has 0 bridgehead atoms. The zero-order valence-corrected chi connectivity index (χ0v) is 12.6. The third-order valence-electron chi connectivity index (χ3n) is 3.54. The predicted octanol–water partition coefficient (Wildman–Crippen LogP) is 2.13. The van der Waals surface area contributed by atoms with E-state index < -0.39 is 0 Å². The van der Waals surface area contributed by atoms with E-state index in [0.29, 0.717) is 26.2 Å². The van der Waals surface area contributed by atoms with Crippen LogP contribution in [-0.4, -0.2) is 54.5 Å². The van der Waals surface area contributed by atoms with Gasteiger partial charge in [0.2, 0.25) is 5.91 Å². The van der Waals surface area contributed by atoms with Gasteiger partial charge in [0, 0.05) is 31.9 Å². The van der Waals surface area contributed by atoms with Crippen molar-refractivity contribution in [3.63, 3.8) is 0 Å². The number of urea groups is 1. The molecule has 0 N–H and O–H groups in total. The highest BCUT2D eigenvalue weighted by Gasteiger charge is 2.31. The number of para-hydroxylation sites is 1. The molecule has 22 heavy (non-hydrogen) atoms. The predicted molar refractivity (Wildman–Crippen MR) is 87.7 cm³/mol. The number of rotatable bonds is 7. The van der Waals surface area contributed by atoms with Gasteiger partial charge >= 0.3 is 6.03 Å². The molecule has 1 aliphatic heterocycles. The number of benzene rings is 1. The van der Waals surface area contributed by atoms with Crippen molar-refractivity contribution in [1.29, 1.82) is 0 Å². The Balaban J connectivity index is 1.99. The number of amides is 3. The Morgan fingerprint density at radius 1 is 1.14 bits per heavy atom. The molecule has 1 aliphatic rings. The summed E-state index contributed by atoms with van der Waals surface area (Å²) < 4.78 is 0. The molecule has 1 aromatic rings. The second-order valence-corrected chi connectivity index (χ2v) is 5.07. The molecular formula is C17H21N3O2. The number of anilines is 1. The van der Waals surface area contributed by atoms with E-state index in [9.17, 15) is 9.59 Å². The molecule has 0 aliphatic carbocycles. The summed E-state index contributed by atoms with van der Waals surface area (Å²) in [4.78, 5) is 29.6. The van der Waals surface area contributed by atoms with Crippen LogP contribution in [0.25, 0.3) is 0 Å². The zero-order chi connectivity index (χ0) is 15.9. The van der Waals surface area contributed by atoms with Crippen LogP contribution in [0, 0.1) is 0 Å². The summed E-state index contributed by atoms with van der Waals surface area (Å²) in [5.74, 6) is -0.0944. The van der Waals surface area contributed by atoms with Gasteiger partial charge in [-0.05, 0) is 12.1 Å². The number of hydrogen-bond acceptors (Lipinski definition) is 2. The van der Waals surface area contributed by atoms with Gasteiger partial charge in [-0.25, -0.2) is 4.79 Å². The lowest BCUT2D eigenvalue weighted by atomic mass is 10.3. The van der Waals surface area contributed by atoms with E-state index in [-0.39, 0.29) is 18.5 Å². The van der Waals surface area contributed by atoms with Gasteiger partial charge in [0.05, 0.1) is 0 Å². The fourth-order valence-corrected chi connectivity index (χ4v) is 2.43. The Kier molecular flexibility index (Phi) is 5.36. The van der Waals surface area contributed by atoms with E-state index in [4.69, 9.17) is 0 Å². The maximum absolute atomic E-state index is 12.4. The van der Waals surface area contributed by atoms with Crippen LogP contribution in [0.4, 0.5) is 10.5 Å². The van der Waals surface area contributed by atoms with Crippen molar-refractivity contribution in [2.75, 3.05) is 37.6 Å². The van der Waals surface area contributed by atoms with Crippen LogP contribution in [-0.2, 0) is 4.79 Å². The summed E-state index contributed by atoms with van der Waals surface area (Å²) in [5.41, 5.74) is 0.858. The van der Waals surface area contributed by atoms with E-state index in [1.807, 2.05) is 30.3 Å². The maximum atomic E-state index is 12.4. The van der Waals surface area contributed by atoms with Crippen LogP contribution in [0.2, 0.25) is 0 Å². The quantitative estimate of drug-likeness (QED) is 0.724. The average molecular weight is 299 g/mol. The number of hydrogen-bond donors (Lipinski definition) is 0. The van der Waals surface area contributed by atoms with Crippen LogP contribution in [0.1, 0.15) is 0 Å². The van der Waals surface area contributed by atoms with Gasteiger partial charge in [0.25, 0.3) is 0 Å². The minimum atomic E-state index is -0.128. The van der Waals surface area contributed by atoms with Crippen LogP contribution in [0.5, 0.6) is 0 Å². The Labute approximate surface area is 131 Å². The molecule has 5 nitrogen and oxygen atoms in total. The van der Waals surface area contributed by atoms with Crippen LogP contribution >= 0.6 is 0 Å². The molecule has 0 saturated carbocycles. The molecule has 1 fully saturated rings. The molecule has 0 spiro atoms. The lowest BCUT2D eigenvalue weighted by molar-refractivity contribution is -0.130. The van der Waals surface area contributed by atoms with E-state index in [1.54, 1.807) is 26.9 Å². The first kappa shape index (κ1) is 15.8. The number of carbonyl (C=O) groups is 2. The molecule has 2 rings (SSSR count). The van der Waals surface area contributed by atoms with Crippen molar-refractivity contribution in [2.24, 2.45) is 0 Å². The van der Waals surface area contributed by atoms with Crippen molar-refractivity contribution in [1.82, 2.24) is 9.80 Å². The van der Waals surface area contributed by atoms with Gasteiger partial charge in [-0.3, -0.25) is 9.69 Å². The van der Waals surface area contributed by atoms with Gasteiger partial charge in [-0.1, -0.05) is 30.4 Å². The molecule has 3 amide bonds. The molecule has 1 saturated heterocycles. The van der Waals surface area contributed by atoms with E-state index in [0.717, 1.165) is 5.69 Å². The second-order valence-electron chi connectivity index (χ2n) is 5.07. The molecule has 0 aromatic heterocycles. The van der Waals surface area contributed by atoms with Crippen molar-refractivity contribution < 1.29 is 9.59 Å². The van der Waals surface area contributed by atoms with Crippen molar-refractivity contribution in [2.45, 2.75) is 0 Å². The van der Waals surface area contributed by atoms with Crippen LogP contribution in [0.3, 0.4) is 0 Å². The van der Waals surface area contributed by atoms with E-state index in [2.05, 4.69) is 13.2 Å². The van der Waals surface area contributed by atoms with Crippen LogP contribution < -0.4 is 4.90 Å². The van der Waals surface area contributed by atoms with Crippen LogP contribution in [0.15, 0.2) is 55.6 Å². The van der Waals surface area contributed by atoms with Crippen molar-refractivity contribution in [3.05, 3.63) is 55.6 Å². The number of carbonyl (C=O) groups excluding carboxylic acids is 2. The summed E-state index contributed by atoms with van der Waals surface area (Å²) in [7, 11) is 0. The zero-order valence-electron chi connectivity index (χ0n) is 12.6. The monoisotopic (exact) mass is 299 g/mol. The minimum Gasteiger partial charge on any atom is -0.334 e. The fraction of sp³-hybridized carbons (Fsp3) is 0.294. The lowest BCUT2D eigenvalue weighted by Gasteiger charge is -2.23. The second kappa shape index (κ2) is 7.45. The minimum absolute atomic E-state index is 0.0871. The van der Waals surface area contributed by atoms with Gasteiger partial charge in [-0.15, -0.1) is 13.2 Å². The van der Waals surface area contributed by atoms with E-state index >= 15 is 0 Å². The lowest BCUT2D eigenvalue weighted by Crippen LogP contribution is -2.42. The first-order valence-electron chi connectivity index (χ1n) is 7.28. The largest absolute Gasteiger partial charge is 0.334 e. The molecule has 116 valence electrons. The smallest absolute Gasteiger partial charge is 0.325 e. The summed E-state index contributed by atoms with van der Waals surface area (Å²) in [6.07, 6.45) is 3.34. The molecule has 1 aromatic carbocycles. The Morgan fingerprint density at radius 3 is 2.36 bits per heavy atom. The third kappa shape index (κ3) is 3.55. The summed E-state index contributed by atoms with van der Waals surface area (Å²) in [6.45, 7) is 9.44. The third-order valence-corrected chi connectivity index (χ3v) is 3.54. The van der Waals surface area contributed by atoms with Gasteiger partial charge < -0.3 is 9.80 Å². The normalized spacial score (nSPS) is 14.1. The maximum Gasteiger partial charge on any atom is 0.325 e. The first-order chi connectivity index (χ1) is 10.7. The fourth-order valence-electron chi connectivity index (χ4n) is 2.43. The molecule has 0 unspecified atom stereocenters. The molecule has 1 heterocycles. The van der Waals surface area contributed by atoms with Gasteiger partial charge in [-0.2, -0.15) is 0 Å². The number of nitrogens with zero attached hydrogens (tertiary/aromatic N) is 3. The van der Waals surface area contributed by atoms with Gasteiger partial charge in [0.1, 0.15) is 6.54 Å². The van der Waals surface area contributed by atoms with Crippen molar-refractivity contribution in [3.8, 4) is 0 Å². The Hall–Kier alpha value is -2.56. The standard InChI is InChI=1S/C17H21N3O2/c1-3-10-18(11-4-2)16(21)14-19-12-13-20(17(19)22)15-8-6-5-7-9-15/h3-9H,1-2,10-14H2.